The van der Waals surface area contributed by atoms with Crippen LogP contribution in [0, 0.1) is 5.82 Å². The number of carbonyl (C=O) groups is 2. The Labute approximate surface area is 183 Å². The number of methoxy groups -OCH3 is 1. The fourth-order valence-corrected chi connectivity index (χ4v) is 3.52. The van der Waals surface area contributed by atoms with Gasteiger partial charge < -0.3 is 24.4 Å². The van der Waals surface area contributed by atoms with E-state index in [0.29, 0.717) is 11.1 Å². The van der Waals surface area contributed by atoms with Crippen LogP contribution in [0.4, 0.5) is 13.2 Å². The molecule has 2 amide bonds. The SMILES string of the molecule is CCOc1cc(CN2C(=O)c3cc(F)ccc3C2C(=O)NCCOC)ccc1OC(F)F. The summed E-state index contributed by atoms with van der Waals surface area (Å²) in [5, 5.41) is 2.70. The number of benzene rings is 2. The van der Waals surface area contributed by atoms with E-state index < -0.39 is 30.3 Å². The Morgan fingerprint density at radius 1 is 1.19 bits per heavy atom. The van der Waals surface area contributed by atoms with Crippen LogP contribution in [0.5, 0.6) is 11.5 Å². The molecule has 1 heterocycles. The molecule has 1 N–H and O–H groups in total. The fourth-order valence-electron chi connectivity index (χ4n) is 3.52. The molecule has 7 nitrogen and oxygen atoms in total. The maximum Gasteiger partial charge on any atom is 0.387 e. The Morgan fingerprint density at radius 3 is 2.66 bits per heavy atom. The van der Waals surface area contributed by atoms with E-state index in [4.69, 9.17) is 9.47 Å². The number of nitrogens with zero attached hydrogens (tertiary/aromatic N) is 1. The monoisotopic (exact) mass is 452 g/mol. The smallest absolute Gasteiger partial charge is 0.387 e. The number of halogens is 3. The number of amides is 2. The first-order valence-corrected chi connectivity index (χ1v) is 9.93. The molecule has 1 aliphatic heterocycles. The summed E-state index contributed by atoms with van der Waals surface area (Å²) >= 11 is 0. The second-order valence-electron chi connectivity index (χ2n) is 6.94. The van der Waals surface area contributed by atoms with Crippen LogP contribution in [0.1, 0.15) is 34.5 Å². The van der Waals surface area contributed by atoms with E-state index in [-0.39, 0.29) is 43.4 Å². The van der Waals surface area contributed by atoms with E-state index in [1.54, 1.807) is 6.92 Å². The summed E-state index contributed by atoms with van der Waals surface area (Å²) in [6.07, 6.45) is 0. The van der Waals surface area contributed by atoms with Gasteiger partial charge in [-0.15, -0.1) is 0 Å². The number of carbonyl (C=O) groups excluding carboxylic acids is 2. The fraction of sp³-hybridized carbons (Fsp3) is 0.364. The normalized spacial score (nSPS) is 15.1. The number of hydrogen-bond acceptors (Lipinski definition) is 5. The van der Waals surface area contributed by atoms with Crippen molar-refractivity contribution < 1.29 is 37.0 Å². The lowest BCUT2D eigenvalue weighted by Gasteiger charge is -2.25. The van der Waals surface area contributed by atoms with Crippen molar-refractivity contribution in [3.05, 3.63) is 58.9 Å². The van der Waals surface area contributed by atoms with Crippen LogP contribution < -0.4 is 14.8 Å². The van der Waals surface area contributed by atoms with Gasteiger partial charge in [-0.2, -0.15) is 8.78 Å². The average Bonchev–Trinajstić information content (AvgIpc) is 3.01. The molecule has 0 saturated carbocycles. The van der Waals surface area contributed by atoms with Crippen molar-refractivity contribution in [3.63, 3.8) is 0 Å². The zero-order chi connectivity index (χ0) is 23.3. The molecule has 0 spiro atoms. The quantitative estimate of drug-likeness (QED) is 0.560. The van der Waals surface area contributed by atoms with Crippen molar-refractivity contribution in [3.8, 4) is 11.5 Å². The lowest BCUT2D eigenvalue weighted by molar-refractivity contribution is -0.125. The highest BCUT2D eigenvalue weighted by molar-refractivity contribution is 6.04. The Morgan fingerprint density at radius 2 is 1.97 bits per heavy atom. The molecular weight excluding hydrogens is 429 g/mol. The standard InChI is InChI=1S/C22H23F3N2O5/c1-3-31-18-10-13(4-7-17(18)32-22(24)25)12-27-19(20(28)26-8-9-30-2)15-6-5-14(23)11-16(15)21(27)29/h4-7,10-11,19,22H,3,8-9,12H2,1-2H3,(H,26,28). The zero-order valence-electron chi connectivity index (χ0n) is 17.6. The van der Waals surface area contributed by atoms with Crippen LogP contribution in [0.3, 0.4) is 0 Å². The summed E-state index contributed by atoms with van der Waals surface area (Å²) in [5.74, 6) is -1.61. The molecular formula is C22H23F3N2O5. The summed E-state index contributed by atoms with van der Waals surface area (Å²) in [5.41, 5.74) is 1.000. The molecule has 0 bridgehead atoms. The molecule has 10 heteroatoms. The number of fused-ring (bicyclic) bond motifs is 1. The minimum Gasteiger partial charge on any atom is -0.490 e. The highest BCUT2D eigenvalue weighted by Crippen LogP contribution is 2.37. The number of alkyl halides is 2. The number of rotatable bonds is 10. The minimum atomic E-state index is -3.02. The molecule has 0 aliphatic carbocycles. The Kier molecular flexibility index (Phi) is 7.57. The van der Waals surface area contributed by atoms with Crippen molar-refractivity contribution in [2.75, 3.05) is 26.9 Å². The molecule has 2 aromatic rings. The molecule has 1 unspecified atom stereocenters. The van der Waals surface area contributed by atoms with E-state index in [9.17, 15) is 22.8 Å². The predicted octanol–water partition coefficient (Wildman–Crippen LogP) is 3.29. The molecule has 2 aromatic carbocycles. The highest BCUT2D eigenvalue weighted by Gasteiger charge is 2.41. The topological polar surface area (TPSA) is 77.1 Å². The molecule has 0 saturated heterocycles. The van der Waals surface area contributed by atoms with Crippen LogP contribution in [-0.2, 0) is 16.1 Å². The maximum absolute atomic E-state index is 13.8. The van der Waals surface area contributed by atoms with Crippen molar-refractivity contribution in [2.24, 2.45) is 0 Å². The predicted molar refractivity (Wildman–Crippen MR) is 108 cm³/mol. The lowest BCUT2D eigenvalue weighted by atomic mass is 10.0. The molecule has 3 rings (SSSR count). The van der Waals surface area contributed by atoms with Gasteiger partial charge in [-0.3, -0.25) is 9.59 Å². The van der Waals surface area contributed by atoms with Crippen LogP contribution >= 0.6 is 0 Å². The van der Waals surface area contributed by atoms with E-state index in [1.165, 1.54) is 42.3 Å². The van der Waals surface area contributed by atoms with Gasteiger partial charge in [0.2, 0.25) is 5.91 Å². The van der Waals surface area contributed by atoms with Crippen LogP contribution in [0.25, 0.3) is 0 Å². The van der Waals surface area contributed by atoms with Gasteiger partial charge in [-0.05, 0) is 42.3 Å². The first-order chi connectivity index (χ1) is 15.3. The van der Waals surface area contributed by atoms with Crippen molar-refractivity contribution in [2.45, 2.75) is 26.1 Å². The summed E-state index contributed by atoms with van der Waals surface area (Å²) < 4.78 is 53.9. The van der Waals surface area contributed by atoms with Crippen LogP contribution in [0.2, 0.25) is 0 Å². The van der Waals surface area contributed by atoms with Gasteiger partial charge in [0.05, 0.1) is 13.2 Å². The van der Waals surface area contributed by atoms with Gasteiger partial charge in [0.25, 0.3) is 5.91 Å². The molecule has 1 aliphatic rings. The average molecular weight is 452 g/mol. The van der Waals surface area contributed by atoms with Crippen molar-refractivity contribution in [1.29, 1.82) is 0 Å². The number of nitrogens with one attached hydrogen (secondary N) is 1. The molecule has 1 atom stereocenters. The van der Waals surface area contributed by atoms with Gasteiger partial charge in [0, 0.05) is 25.8 Å². The summed E-state index contributed by atoms with van der Waals surface area (Å²) in [6, 6.07) is 6.99. The maximum atomic E-state index is 13.8. The second kappa shape index (κ2) is 10.4. The van der Waals surface area contributed by atoms with Crippen molar-refractivity contribution >= 4 is 11.8 Å². The van der Waals surface area contributed by atoms with E-state index in [2.05, 4.69) is 10.1 Å². The molecule has 0 aromatic heterocycles. The van der Waals surface area contributed by atoms with Gasteiger partial charge in [-0.25, -0.2) is 4.39 Å². The number of hydrogen-bond donors (Lipinski definition) is 1. The molecule has 172 valence electrons. The largest absolute Gasteiger partial charge is 0.490 e. The highest BCUT2D eigenvalue weighted by atomic mass is 19.3. The van der Waals surface area contributed by atoms with Crippen LogP contribution in [-0.4, -0.2) is 50.2 Å². The molecule has 0 radical (unpaired) electrons. The van der Waals surface area contributed by atoms with E-state index in [0.717, 1.165) is 6.07 Å². The van der Waals surface area contributed by atoms with E-state index >= 15 is 0 Å². The van der Waals surface area contributed by atoms with E-state index in [1.807, 2.05) is 0 Å². The van der Waals surface area contributed by atoms with Gasteiger partial charge in [-0.1, -0.05) is 12.1 Å². The second-order valence-corrected chi connectivity index (χ2v) is 6.94. The van der Waals surface area contributed by atoms with Crippen LogP contribution in [0.15, 0.2) is 36.4 Å². The third kappa shape index (κ3) is 5.13. The minimum absolute atomic E-state index is 0.0352. The summed E-state index contributed by atoms with van der Waals surface area (Å²) in [7, 11) is 1.49. The first kappa shape index (κ1) is 23.4. The third-order valence-corrected chi connectivity index (χ3v) is 4.84. The Balaban J connectivity index is 1.91. The Hall–Kier alpha value is -3.27. The van der Waals surface area contributed by atoms with Gasteiger partial charge in [0.15, 0.2) is 11.5 Å². The molecule has 32 heavy (non-hydrogen) atoms. The third-order valence-electron chi connectivity index (χ3n) is 4.84. The van der Waals surface area contributed by atoms with Gasteiger partial charge >= 0.3 is 6.61 Å². The molecule has 0 fully saturated rings. The number of ether oxygens (including phenoxy) is 3. The van der Waals surface area contributed by atoms with Crippen molar-refractivity contribution in [1.82, 2.24) is 10.2 Å². The summed E-state index contributed by atoms with van der Waals surface area (Å²) in [4.78, 5) is 27.2. The summed E-state index contributed by atoms with van der Waals surface area (Å²) in [6.45, 7) is -0.642. The zero-order valence-corrected chi connectivity index (χ0v) is 17.6. The Bertz CT molecular complexity index is 986. The lowest BCUT2D eigenvalue weighted by Crippen LogP contribution is -2.39. The first-order valence-electron chi connectivity index (χ1n) is 9.93. The van der Waals surface area contributed by atoms with Gasteiger partial charge in [0.1, 0.15) is 11.9 Å².